The normalized spacial score (nSPS) is 14.8. The molecule has 2 heterocycles. The van der Waals surface area contributed by atoms with Gasteiger partial charge in [-0.05, 0) is 48.4 Å². The number of hydrogen-bond donors (Lipinski definition) is 1. The van der Waals surface area contributed by atoms with Gasteiger partial charge in [-0.1, -0.05) is 72.8 Å². The molecule has 1 N–H and O–H groups in total. The zero-order chi connectivity index (χ0) is 24.7. The number of hydrogen-bond acceptors (Lipinski definition) is 5. The van der Waals surface area contributed by atoms with Gasteiger partial charge < -0.3 is 10.2 Å². The van der Waals surface area contributed by atoms with E-state index in [0.717, 1.165) is 43.4 Å². The first-order chi connectivity index (χ1) is 17.7. The van der Waals surface area contributed by atoms with E-state index in [2.05, 4.69) is 40.6 Å². The molecule has 1 fully saturated rings. The second kappa shape index (κ2) is 11.0. The molecule has 0 radical (unpaired) electrons. The van der Waals surface area contributed by atoms with Crippen molar-refractivity contribution >= 4 is 22.8 Å². The molecule has 1 aliphatic rings. The van der Waals surface area contributed by atoms with Crippen LogP contribution in [0.3, 0.4) is 0 Å². The first kappa shape index (κ1) is 23.5. The van der Waals surface area contributed by atoms with E-state index in [9.17, 15) is 10.1 Å². The molecule has 1 amide bonds. The molecular weight excluding hydrogens is 446 g/mol. The number of fused-ring (bicyclic) bond motifs is 1. The number of carbonyl (C=O) groups is 1. The first-order valence-corrected chi connectivity index (χ1v) is 12.5. The van der Waals surface area contributed by atoms with Crippen molar-refractivity contribution in [2.45, 2.75) is 31.7 Å². The van der Waals surface area contributed by atoms with Crippen LogP contribution in [0.15, 0.2) is 84.9 Å². The highest BCUT2D eigenvalue weighted by atomic mass is 16.1. The Kier molecular flexibility index (Phi) is 7.18. The Bertz CT molecular complexity index is 1360. The van der Waals surface area contributed by atoms with Gasteiger partial charge in [-0.2, -0.15) is 5.26 Å². The van der Waals surface area contributed by atoms with Gasteiger partial charge in [-0.3, -0.25) is 4.79 Å². The van der Waals surface area contributed by atoms with Crippen LogP contribution in [0.4, 0.5) is 5.82 Å². The van der Waals surface area contributed by atoms with Gasteiger partial charge in [0.15, 0.2) is 11.7 Å². The Hall–Kier alpha value is -4.24. The number of nitriles is 1. The lowest BCUT2D eigenvalue weighted by atomic mass is 9.90. The molecule has 6 heteroatoms. The molecule has 180 valence electrons. The van der Waals surface area contributed by atoms with E-state index in [-0.39, 0.29) is 5.91 Å². The van der Waals surface area contributed by atoms with E-state index in [1.54, 1.807) is 0 Å². The third kappa shape index (κ3) is 5.36. The van der Waals surface area contributed by atoms with Crippen LogP contribution >= 0.6 is 0 Å². The predicted molar refractivity (Wildman–Crippen MR) is 141 cm³/mol. The maximum Gasteiger partial charge on any atom is 0.243 e. The molecule has 1 atom stereocenters. The molecule has 0 unspecified atom stereocenters. The summed E-state index contributed by atoms with van der Waals surface area (Å²) in [4.78, 5) is 25.1. The molecule has 4 aromatic rings. The van der Waals surface area contributed by atoms with Crippen molar-refractivity contribution in [2.75, 3.05) is 18.0 Å². The number of aromatic nitrogens is 2. The minimum absolute atomic E-state index is 0.355. The van der Waals surface area contributed by atoms with Gasteiger partial charge in [-0.25, -0.2) is 9.97 Å². The summed E-state index contributed by atoms with van der Waals surface area (Å²) in [7, 11) is 0. The highest BCUT2D eigenvalue weighted by Gasteiger charge is 2.30. The van der Waals surface area contributed by atoms with E-state index in [1.807, 2.05) is 60.7 Å². The fraction of sp³-hybridized carbons (Fsp3) is 0.267. The van der Waals surface area contributed by atoms with Crippen LogP contribution in [0.1, 0.15) is 35.6 Å². The lowest BCUT2D eigenvalue weighted by molar-refractivity contribution is -0.121. The fourth-order valence-corrected chi connectivity index (χ4v) is 4.86. The number of rotatable bonds is 7. The van der Waals surface area contributed by atoms with E-state index >= 15 is 0 Å². The summed E-state index contributed by atoms with van der Waals surface area (Å²) >= 11 is 0. The van der Waals surface area contributed by atoms with Crippen molar-refractivity contribution in [3.63, 3.8) is 0 Å². The summed E-state index contributed by atoms with van der Waals surface area (Å²) in [6.45, 7) is 2.00. The Morgan fingerprint density at radius 3 is 2.11 bits per heavy atom. The van der Waals surface area contributed by atoms with Crippen LogP contribution in [0.5, 0.6) is 0 Å². The molecule has 36 heavy (non-hydrogen) atoms. The number of para-hydroxylation sites is 2. The van der Waals surface area contributed by atoms with E-state index in [0.29, 0.717) is 29.5 Å². The molecule has 0 saturated carbocycles. The summed E-state index contributed by atoms with van der Waals surface area (Å²) in [5.74, 6) is -0.149. The standard InChI is InChI=1S/C30H29N5O/c31-20-25(30(36)32-21-24-11-5-2-6-12-24)28-29(34-27-14-8-7-13-26(27)33-28)35-17-15-23(16-18-35)19-22-9-3-1-4-10-22/h1-14,23,25H,15-19,21H2,(H,32,36)/t25-/m0/s1. The average molecular weight is 476 g/mol. The number of anilines is 1. The molecule has 6 nitrogen and oxygen atoms in total. The van der Waals surface area contributed by atoms with Gasteiger partial charge in [0.1, 0.15) is 5.69 Å². The fourth-order valence-electron chi connectivity index (χ4n) is 4.86. The summed E-state index contributed by atoms with van der Waals surface area (Å²) in [5, 5.41) is 13.0. The Balaban J connectivity index is 1.37. The van der Waals surface area contributed by atoms with Crippen molar-refractivity contribution in [2.24, 2.45) is 5.92 Å². The average Bonchev–Trinajstić information content (AvgIpc) is 2.93. The number of nitrogens with zero attached hydrogens (tertiary/aromatic N) is 4. The predicted octanol–water partition coefficient (Wildman–Crippen LogP) is 5.01. The Labute approximate surface area is 211 Å². The van der Waals surface area contributed by atoms with Crippen LogP contribution in [0.2, 0.25) is 0 Å². The van der Waals surface area contributed by atoms with Crippen LogP contribution in [0.25, 0.3) is 11.0 Å². The number of amides is 1. The van der Waals surface area contributed by atoms with Crippen LogP contribution < -0.4 is 10.2 Å². The van der Waals surface area contributed by atoms with Crippen LogP contribution in [-0.4, -0.2) is 29.0 Å². The summed E-state index contributed by atoms with van der Waals surface area (Å²) in [6.07, 6.45) is 3.12. The minimum atomic E-state index is -1.04. The smallest absolute Gasteiger partial charge is 0.243 e. The van der Waals surface area contributed by atoms with Crippen LogP contribution in [0, 0.1) is 17.2 Å². The van der Waals surface area contributed by atoms with Gasteiger partial charge in [0, 0.05) is 19.6 Å². The summed E-state index contributed by atoms with van der Waals surface area (Å²) < 4.78 is 0. The Morgan fingerprint density at radius 2 is 1.47 bits per heavy atom. The maximum absolute atomic E-state index is 13.2. The maximum atomic E-state index is 13.2. The van der Waals surface area contributed by atoms with Gasteiger partial charge in [-0.15, -0.1) is 0 Å². The molecule has 3 aromatic carbocycles. The lowest BCUT2D eigenvalue weighted by Crippen LogP contribution is -2.37. The van der Waals surface area contributed by atoms with Gasteiger partial charge >= 0.3 is 0 Å². The summed E-state index contributed by atoms with van der Waals surface area (Å²) in [5.41, 5.74) is 4.23. The second-order valence-corrected chi connectivity index (χ2v) is 9.31. The first-order valence-electron chi connectivity index (χ1n) is 12.5. The molecular formula is C30H29N5O. The third-order valence-corrected chi connectivity index (χ3v) is 6.83. The zero-order valence-corrected chi connectivity index (χ0v) is 20.2. The van der Waals surface area contributed by atoms with Crippen molar-refractivity contribution in [3.8, 4) is 6.07 Å². The zero-order valence-electron chi connectivity index (χ0n) is 20.2. The number of piperidine rings is 1. The topological polar surface area (TPSA) is 81.9 Å². The van der Waals surface area contributed by atoms with E-state index in [4.69, 9.17) is 9.97 Å². The van der Waals surface area contributed by atoms with E-state index in [1.165, 1.54) is 5.56 Å². The van der Waals surface area contributed by atoms with Crippen LogP contribution in [-0.2, 0) is 17.8 Å². The number of benzene rings is 3. The van der Waals surface area contributed by atoms with Gasteiger partial charge in [0.05, 0.1) is 17.1 Å². The molecule has 0 bridgehead atoms. The molecule has 1 saturated heterocycles. The SMILES string of the molecule is N#C[C@H](C(=O)NCc1ccccc1)c1nc2ccccc2nc1N1CCC(Cc2ccccc2)CC1. The lowest BCUT2D eigenvalue weighted by Gasteiger charge is -2.34. The van der Waals surface area contributed by atoms with Crippen molar-refractivity contribution < 1.29 is 4.79 Å². The number of carbonyl (C=O) groups excluding carboxylic acids is 1. The van der Waals surface area contributed by atoms with Crippen molar-refractivity contribution in [3.05, 3.63) is 102 Å². The molecule has 1 aromatic heterocycles. The highest BCUT2D eigenvalue weighted by Crippen LogP contribution is 2.31. The largest absolute Gasteiger partial charge is 0.355 e. The second-order valence-electron chi connectivity index (χ2n) is 9.31. The molecule has 0 spiro atoms. The monoisotopic (exact) mass is 475 g/mol. The Morgan fingerprint density at radius 1 is 0.889 bits per heavy atom. The van der Waals surface area contributed by atoms with Crippen molar-refractivity contribution in [1.82, 2.24) is 15.3 Å². The summed E-state index contributed by atoms with van der Waals surface area (Å²) in [6, 6.07) is 30.1. The molecule has 0 aliphatic carbocycles. The number of nitrogens with one attached hydrogen (secondary N) is 1. The van der Waals surface area contributed by atoms with Gasteiger partial charge in [0.2, 0.25) is 5.91 Å². The third-order valence-electron chi connectivity index (χ3n) is 6.83. The quantitative estimate of drug-likeness (QED) is 0.406. The van der Waals surface area contributed by atoms with Crippen molar-refractivity contribution in [1.29, 1.82) is 5.26 Å². The van der Waals surface area contributed by atoms with Gasteiger partial charge in [0.25, 0.3) is 0 Å². The minimum Gasteiger partial charge on any atom is -0.355 e. The molecule has 5 rings (SSSR count). The highest BCUT2D eigenvalue weighted by molar-refractivity contribution is 5.88. The molecule has 1 aliphatic heterocycles. The van der Waals surface area contributed by atoms with E-state index < -0.39 is 5.92 Å².